The van der Waals surface area contributed by atoms with Gasteiger partial charge in [0.25, 0.3) is 0 Å². The van der Waals surface area contributed by atoms with Crippen molar-refractivity contribution in [2.24, 2.45) is 0 Å². The molecule has 1 amide bonds. The largest absolute Gasteiger partial charge is 0.379 e. The smallest absolute Gasteiger partial charge is 0.233 e. The molecule has 4 rings (SSSR count). The van der Waals surface area contributed by atoms with Gasteiger partial charge in [0.15, 0.2) is 0 Å². The van der Waals surface area contributed by atoms with E-state index in [0.29, 0.717) is 23.7 Å². The fraction of sp³-hybridized carbons (Fsp3) is 0.304. The normalized spacial score (nSPS) is 14.3. The second-order valence-electron chi connectivity index (χ2n) is 7.24. The van der Waals surface area contributed by atoms with Crippen molar-refractivity contribution in [3.05, 3.63) is 65.6 Å². The van der Waals surface area contributed by atoms with Crippen LogP contribution in [0.1, 0.15) is 16.8 Å². The van der Waals surface area contributed by atoms with Gasteiger partial charge < -0.3 is 9.30 Å². The average Bonchev–Trinajstić information content (AvgIpc) is 3.20. The molecule has 7 nitrogen and oxygen atoms in total. The lowest BCUT2D eigenvalue weighted by Gasteiger charge is -2.26. The first kappa shape index (κ1) is 20.1. The number of hydrogen-bond acceptors (Lipinski definition) is 5. The van der Waals surface area contributed by atoms with E-state index in [1.54, 1.807) is 6.20 Å². The number of hydrogen-bond donors (Lipinski definition) is 1. The number of rotatable bonds is 6. The van der Waals surface area contributed by atoms with E-state index in [1.807, 2.05) is 35.0 Å². The van der Waals surface area contributed by atoms with Gasteiger partial charge in [0.2, 0.25) is 6.41 Å². The van der Waals surface area contributed by atoms with Gasteiger partial charge in [-0.25, -0.2) is 10.0 Å². The Hall–Kier alpha value is -3.18. The molecule has 0 saturated carbocycles. The maximum Gasteiger partial charge on any atom is 0.233 e. The summed E-state index contributed by atoms with van der Waals surface area (Å²) in [6, 6.07) is 12.3. The van der Waals surface area contributed by atoms with E-state index in [4.69, 9.17) is 4.74 Å². The van der Waals surface area contributed by atoms with Crippen molar-refractivity contribution in [1.82, 2.24) is 19.5 Å². The Balaban J connectivity index is 1.41. The van der Waals surface area contributed by atoms with Crippen molar-refractivity contribution in [2.45, 2.75) is 13.1 Å². The number of benzene rings is 1. The van der Waals surface area contributed by atoms with Crippen LogP contribution < -0.4 is 0 Å². The quantitative estimate of drug-likeness (QED) is 0.295. The van der Waals surface area contributed by atoms with Gasteiger partial charge in [0, 0.05) is 43.3 Å². The van der Waals surface area contributed by atoms with Crippen LogP contribution in [0.3, 0.4) is 0 Å². The Morgan fingerprint density at radius 2 is 1.97 bits per heavy atom. The highest BCUT2D eigenvalue weighted by Crippen LogP contribution is 2.16. The highest BCUT2D eigenvalue weighted by Gasteiger charge is 2.10. The summed E-state index contributed by atoms with van der Waals surface area (Å²) in [5.74, 6) is 6.31. The second kappa shape index (κ2) is 9.55. The molecule has 7 heteroatoms. The number of amides is 1. The van der Waals surface area contributed by atoms with Crippen LogP contribution in [-0.4, -0.2) is 64.0 Å². The molecule has 1 aliphatic heterocycles. The second-order valence-corrected chi connectivity index (χ2v) is 7.24. The van der Waals surface area contributed by atoms with Gasteiger partial charge in [0.1, 0.15) is 5.69 Å². The summed E-state index contributed by atoms with van der Waals surface area (Å²) >= 11 is 0. The summed E-state index contributed by atoms with van der Waals surface area (Å²) in [4.78, 5) is 17.3. The van der Waals surface area contributed by atoms with Crippen LogP contribution in [0.4, 0.5) is 0 Å². The standard InChI is InChI=1S/C23H24N4O3/c28-18-27(29)10-9-26-8-7-21-15-22(24-16-23(21)26)6-5-19-1-3-20(4-2-19)17-25-11-13-30-14-12-25/h1-4,7-8,15-16,18,29H,9-14,17H2. The highest BCUT2D eigenvalue weighted by atomic mass is 16.5. The number of aromatic nitrogens is 2. The third-order valence-electron chi connectivity index (χ3n) is 5.15. The van der Waals surface area contributed by atoms with Gasteiger partial charge in [-0.15, -0.1) is 0 Å². The number of pyridine rings is 1. The van der Waals surface area contributed by atoms with Crippen molar-refractivity contribution in [3.8, 4) is 11.8 Å². The Bertz CT molecular complexity index is 1060. The van der Waals surface area contributed by atoms with Gasteiger partial charge >= 0.3 is 0 Å². The zero-order chi connectivity index (χ0) is 20.8. The summed E-state index contributed by atoms with van der Waals surface area (Å²) < 4.78 is 7.34. The summed E-state index contributed by atoms with van der Waals surface area (Å²) in [7, 11) is 0. The predicted octanol–water partition coefficient (Wildman–Crippen LogP) is 2.12. The van der Waals surface area contributed by atoms with Crippen molar-refractivity contribution < 1.29 is 14.7 Å². The van der Waals surface area contributed by atoms with Crippen LogP contribution >= 0.6 is 0 Å². The molecule has 1 saturated heterocycles. The lowest BCUT2D eigenvalue weighted by Crippen LogP contribution is -2.35. The number of carbonyl (C=O) groups excluding carboxylic acids is 1. The molecule has 3 heterocycles. The SMILES string of the molecule is O=CN(O)CCn1ccc2cc(C#Cc3ccc(CN4CCOCC4)cc3)ncc21. The van der Waals surface area contributed by atoms with Gasteiger partial charge in [-0.3, -0.25) is 14.9 Å². The lowest BCUT2D eigenvalue weighted by atomic mass is 10.1. The molecule has 30 heavy (non-hydrogen) atoms. The number of carbonyl (C=O) groups is 1. The number of morpholine rings is 1. The minimum atomic E-state index is 0.219. The van der Waals surface area contributed by atoms with Crippen LogP contribution in [0.25, 0.3) is 10.9 Å². The Morgan fingerprint density at radius 3 is 2.73 bits per heavy atom. The first-order valence-electron chi connectivity index (χ1n) is 9.98. The lowest BCUT2D eigenvalue weighted by molar-refractivity contribution is -0.150. The summed E-state index contributed by atoms with van der Waals surface area (Å²) in [6.45, 7) is 5.22. The molecule has 1 aliphatic rings. The molecule has 0 radical (unpaired) electrons. The van der Waals surface area contributed by atoms with E-state index >= 15 is 0 Å². The van der Waals surface area contributed by atoms with E-state index in [1.165, 1.54) is 5.56 Å². The highest BCUT2D eigenvalue weighted by molar-refractivity contribution is 5.80. The number of nitrogens with zero attached hydrogens (tertiary/aromatic N) is 4. The van der Waals surface area contributed by atoms with Crippen LogP contribution in [0.5, 0.6) is 0 Å². The van der Waals surface area contributed by atoms with E-state index in [9.17, 15) is 10.0 Å². The first-order chi connectivity index (χ1) is 14.7. The van der Waals surface area contributed by atoms with E-state index in [0.717, 1.165) is 49.3 Å². The molecule has 2 aromatic heterocycles. The van der Waals surface area contributed by atoms with Crippen LogP contribution in [0.15, 0.2) is 48.8 Å². The summed E-state index contributed by atoms with van der Waals surface area (Å²) in [5.41, 5.74) is 3.87. The van der Waals surface area contributed by atoms with E-state index < -0.39 is 0 Å². The molecule has 3 aromatic rings. The van der Waals surface area contributed by atoms with Gasteiger partial charge in [-0.1, -0.05) is 18.1 Å². The van der Waals surface area contributed by atoms with Crippen molar-refractivity contribution in [1.29, 1.82) is 0 Å². The van der Waals surface area contributed by atoms with Gasteiger partial charge in [0.05, 0.1) is 31.5 Å². The van der Waals surface area contributed by atoms with Crippen molar-refractivity contribution >= 4 is 17.3 Å². The van der Waals surface area contributed by atoms with Gasteiger partial charge in [-0.05, 0) is 35.7 Å². The summed E-state index contributed by atoms with van der Waals surface area (Å²) in [5, 5.41) is 10.9. The van der Waals surface area contributed by atoms with Crippen molar-refractivity contribution in [3.63, 3.8) is 0 Å². The zero-order valence-corrected chi connectivity index (χ0v) is 16.7. The number of ether oxygens (including phenoxy) is 1. The number of fused-ring (bicyclic) bond motifs is 1. The Labute approximate surface area is 175 Å². The predicted molar refractivity (Wildman–Crippen MR) is 113 cm³/mol. The molecule has 0 aliphatic carbocycles. The minimum Gasteiger partial charge on any atom is -0.379 e. The molecular formula is C23H24N4O3. The Kier molecular flexibility index (Phi) is 6.40. The molecular weight excluding hydrogens is 380 g/mol. The van der Waals surface area contributed by atoms with E-state index in [2.05, 4.69) is 33.9 Å². The summed E-state index contributed by atoms with van der Waals surface area (Å²) in [6.07, 6.45) is 4.08. The average molecular weight is 404 g/mol. The molecule has 1 fully saturated rings. The molecule has 154 valence electrons. The maximum absolute atomic E-state index is 10.5. The fourth-order valence-electron chi connectivity index (χ4n) is 3.46. The third kappa shape index (κ3) is 5.05. The monoisotopic (exact) mass is 404 g/mol. The third-order valence-corrected chi connectivity index (χ3v) is 5.15. The maximum atomic E-state index is 10.5. The zero-order valence-electron chi connectivity index (χ0n) is 16.7. The van der Waals surface area contributed by atoms with Crippen molar-refractivity contribution in [2.75, 3.05) is 32.8 Å². The van der Waals surface area contributed by atoms with E-state index in [-0.39, 0.29) is 6.54 Å². The number of hydroxylamine groups is 2. The molecule has 0 atom stereocenters. The molecule has 1 aromatic carbocycles. The van der Waals surface area contributed by atoms with Crippen LogP contribution in [-0.2, 0) is 22.6 Å². The molecule has 0 spiro atoms. The van der Waals surface area contributed by atoms with Crippen LogP contribution in [0.2, 0.25) is 0 Å². The fourth-order valence-corrected chi connectivity index (χ4v) is 3.46. The topological polar surface area (TPSA) is 70.8 Å². The minimum absolute atomic E-state index is 0.219. The molecule has 0 unspecified atom stereocenters. The van der Waals surface area contributed by atoms with Gasteiger partial charge in [-0.2, -0.15) is 0 Å². The molecule has 0 bridgehead atoms. The van der Waals surface area contributed by atoms with Crippen LogP contribution in [0, 0.1) is 11.8 Å². The first-order valence-corrected chi connectivity index (χ1v) is 9.98. The Morgan fingerprint density at radius 1 is 1.17 bits per heavy atom. The molecule has 1 N–H and O–H groups in total.